The molecule has 0 saturated carbocycles. The monoisotopic (exact) mass is 369 g/mol. The zero-order valence-electron chi connectivity index (χ0n) is 17.6. The van der Waals surface area contributed by atoms with E-state index in [0.29, 0.717) is 11.0 Å². The molecule has 1 aromatic carbocycles. The van der Waals surface area contributed by atoms with Crippen LogP contribution in [0.5, 0.6) is 0 Å². The quantitative estimate of drug-likeness (QED) is 0.877. The molecule has 1 amide bonds. The topological polar surface area (TPSA) is 49.6 Å². The van der Waals surface area contributed by atoms with Crippen LogP contribution in [0.15, 0.2) is 24.3 Å². The van der Waals surface area contributed by atoms with Gasteiger partial charge in [0.05, 0.1) is 0 Å². The second-order valence-electron chi connectivity index (χ2n) is 9.57. The molecule has 2 N–H and O–H groups in total. The van der Waals surface area contributed by atoms with Gasteiger partial charge in [0.25, 0.3) is 0 Å². The third-order valence-electron chi connectivity index (χ3n) is 6.60. The van der Waals surface area contributed by atoms with Crippen LogP contribution in [0, 0.1) is 5.41 Å². The van der Waals surface area contributed by atoms with Crippen molar-refractivity contribution < 1.29 is 4.79 Å². The zero-order valence-corrected chi connectivity index (χ0v) is 17.6. The number of carbonyl (C=O) groups is 1. The number of carbonyl (C=O) groups excluding carboxylic acids is 1. The van der Waals surface area contributed by atoms with Gasteiger partial charge in [-0.15, -0.1) is 0 Å². The van der Waals surface area contributed by atoms with Crippen LogP contribution in [0.25, 0.3) is 5.57 Å². The molecule has 148 valence electrons. The van der Waals surface area contributed by atoms with Crippen molar-refractivity contribution in [3.8, 4) is 0 Å². The molecule has 0 unspecified atom stereocenters. The van der Waals surface area contributed by atoms with E-state index in [2.05, 4.69) is 62.8 Å². The third-order valence-corrected chi connectivity index (χ3v) is 6.60. The molecule has 1 heterocycles. The van der Waals surface area contributed by atoms with Gasteiger partial charge in [-0.2, -0.15) is 0 Å². The third kappa shape index (κ3) is 4.27. The highest BCUT2D eigenvalue weighted by Gasteiger charge is 2.32. The fraction of sp³-hybridized carbons (Fsp3) is 0.609. The average Bonchev–Trinajstić information content (AvgIpc) is 2.61. The smallest absolute Gasteiger partial charge is 0.249 e. The Balaban J connectivity index is 1.96. The molecule has 4 nitrogen and oxygen atoms in total. The molecular formula is C23H35N3O. The summed E-state index contributed by atoms with van der Waals surface area (Å²) in [5.41, 5.74) is 10.2. The first-order chi connectivity index (χ1) is 12.6. The maximum Gasteiger partial charge on any atom is 0.249 e. The van der Waals surface area contributed by atoms with E-state index in [1.165, 1.54) is 11.1 Å². The van der Waals surface area contributed by atoms with E-state index >= 15 is 0 Å². The molecule has 0 spiro atoms. The number of allylic oxidation sites excluding steroid dienone is 2. The van der Waals surface area contributed by atoms with E-state index in [9.17, 15) is 4.79 Å². The summed E-state index contributed by atoms with van der Waals surface area (Å²) in [5.74, 6) is -0.334. The number of nitrogens with two attached hydrogens (primary N) is 1. The molecule has 1 saturated heterocycles. The largest absolute Gasteiger partial charge is 0.366 e. The van der Waals surface area contributed by atoms with Crippen molar-refractivity contribution in [3.63, 3.8) is 0 Å². The molecule has 0 radical (unpaired) electrons. The maximum absolute atomic E-state index is 12.1. The molecule has 4 heteroatoms. The summed E-state index contributed by atoms with van der Waals surface area (Å²) in [5, 5.41) is 0. The summed E-state index contributed by atoms with van der Waals surface area (Å²) < 4.78 is 0. The Hall–Kier alpha value is -1.65. The van der Waals surface area contributed by atoms with E-state index < -0.39 is 0 Å². The summed E-state index contributed by atoms with van der Waals surface area (Å²) in [6.07, 6.45) is 5.51. The van der Waals surface area contributed by atoms with E-state index in [1.54, 1.807) is 0 Å². The summed E-state index contributed by atoms with van der Waals surface area (Å²) in [6.45, 7) is 13.5. The number of hydrogen-bond acceptors (Lipinski definition) is 3. The normalized spacial score (nSPS) is 21.7. The number of primary amides is 1. The molecule has 1 aromatic rings. The summed E-state index contributed by atoms with van der Waals surface area (Å²) in [4.78, 5) is 17.0. The average molecular weight is 370 g/mol. The lowest BCUT2D eigenvalue weighted by Crippen LogP contribution is -2.52. The second kappa shape index (κ2) is 7.40. The van der Waals surface area contributed by atoms with Crippen molar-refractivity contribution in [2.75, 3.05) is 33.2 Å². The highest BCUT2D eigenvalue weighted by molar-refractivity contribution is 5.98. The van der Waals surface area contributed by atoms with Crippen LogP contribution in [-0.2, 0) is 5.54 Å². The highest BCUT2D eigenvalue weighted by atomic mass is 16.1. The number of amides is 1. The Kier molecular flexibility index (Phi) is 5.51. The van der Waals surface area contributed by atoms with Crippen LogP contribution < -0.4 is 5.73 Å². The number of benzene rings is 1. The molecule has 0 atom stereocenters. The van der Waals surface area contributed by atoms with Crippen molar-refractivity contribution in [3.05, 3.63) is 41.0 Å². The van der Waals surface area contributed by atoms with Crippen molar-refractivity contribution in [1.82, 2.24) is 9.80 Å². The van der Waals surface area contributed by atoms with Gasteiger partial charge in [-0.3, -0.25) is 9.69 Å². The number of likely N-dealkylation sites (N-methyl/N-ethyl adjacent to an activating group) is 1. The molecule has 1 aliphatic carbocycles. The van der Waals surface area contributed by atoms with E-state index in [-0.39, 0.29) is 11.4 Å². The Morgan fingerprint density at radius 2 is 1.81 bits per heavy atom. The van der Waals surface area contributed by atoms with Crippen LogP contribution in [0.2, 0.25) is 0 Å². The zero-order chi connectivity index (χ0) is 19.8. The first-order valence-corrected chi connectivity index (χ1v) is 10.2. The Labute approximate surface area is 164 Å². The van der Waals surface area contributed by atoms with Gasteiger partial charge in [-0.05, 0) is 74.4 Å². The Morgan fingerprint density at radius 1 is 1.15 bits per heavy atom. The van der Waals surface area contributed by atoms with Crippen LogP contribution in [-0.4, -0.2) is 48.9 Å². The minimum Gasteiger partial charge on any atom is -0.366 e. The van der Waals surface area contributed by atoms with Gasteiger partial charge in [-0.25, -0.2) is 0 Å². The minimum absolute atomic E-state index is 0.0688. The van der Waals surface area contributed by atoms with Crippen molar-refractivity contribution in [2.24, 2.45) is 11.1 Å². The first kappa shape index (κ1) is 20.1. The summed E-state index contributed by atoms with van der Waals surface area (Å²) >= 11 is 0. The second-order valence-corrected chi connectivity index (χ2v) is 9.57. The SMILES string of the molecule is CN1CCN(C(C)(C)c2ccc(C(N)=O)c(C3=CCC(C)(C)CC3)c2)CC1. The standard InChI is InChI=1S/C23H35N3O/c1-22(2)10-8-17(9-11-22)20-16-18(6-7-19(20)21(24)27)23(3,4)26-14-12-25(5)13-15-26/h6-8,16H,9-15H2,1-5H3,(H2,24,27). The lowest BCUT2D eigenvalue weighted by Gasteiger charge is -2.44. The van der Waals surface area contributed by atoms with Crippen LogP contribution in [0.3, 0.4) is 0 Å². The van der Waals surface area contributed by atoms with Gasteiger partial charge >= 0.3 is 0 Å². The maximum atomic E-state index is 12.1. The number of nitrogens with zero attached hydrogens (tertiary/aromatic N) is 2. The minimum atomic E-state index is -0.334. The van der Waals surface area contributed by atoms with Gasteiger partial charge in [0, 0.05) is 37.3 Å². The van der Waals surface area contributed by atoms with Gasteiger partial charge in [-0.1, -0.05) is 26.0 Å². The molecule has 0 bridgehead atoms. The highest BCUT2D eigenvalue weighted by Crippen LogP contribution is 2.40. The Bertz CT molecular complexity index is 740. The van der Waals surface area contributed by atoms with Gasteiger partial charge < -0.3 is 10.6 Å². The molecular weight excluding hydrogens is 334 g/mol. The van der Waals surface area contributed by atoms with Crippen molar-refractivity contribution in [1.29, 1.82) is 0 Å². The van der Waals surface area contributed by atoms with Gasteiger partial charge in [0.2, 0.25) is 5.91 Å². The Morgan fingerprint density at radius 3 is 2.37 bits per heavy atom. The number of piperazine rings is 1. The van der Waals surface area contributed by atoms with Gasteiger partial charge in [0.15, 0.2) is 0 Å². The molecule has 27 heavy (non-hydrogen) atoms. The first-order valence-electron chi connectivity index (χ1n) is 10.2. The molecule has 2 aliphatic rings. The summed E-state index contributed by atoms with van der Waals surface area (Å²) in [7, 11) is 2.18. The fourth-order valence-corrected chi connectivity index (χ4v) is 4.27. The molecule has 3 rings (SSSR count). The van der Waals surface area contributed by atoms with Gasteiger partial charge in [0.1, 0.15) is 0 Å². The van der Waals surface area contributed by atoms with E-state index in [1.807, 2.05) is 6.07 Å². The van der Waals surface area contributed by atoms with Crippen LogP contribution >= 0.6 is 0 Å². The number of hydrogen-bond donors (Lipinski definition) is 1. The molecule has 0 aromatic heterocycles. The lowest BCUT2D eigenvalue weighted by molar-refractivity contribution is 0.0606. The van der Waals surface area contributed by atoms with Crippen molar-refractivity contribution in [2.45, 2.75) is 52.5 Å². The molecule has 1 fully saturated rings. The fourth-order valence-electron chi connectivity index (χ4n) is 4.27. The van der Waals surface area contributed by atoms with E-state index in [4.69, 9.17) is 5.73 Å². The number of rotatable bonds is 4. The van der Waals surface area contributed by atoms with Crippen LogP contribution in [0.4, 0.5) is 0 Å². The van der Waals surface area contributed by atoms with Crippen LogP contribution in [0.1, 0.15) is 68.4 Å². The predicted octanol–water partition coefficient (Wildman–Crippen LogP) is 3.86. The van der Waals surface area contributed by atoms with E-state index in [0.717, 1.165) is 51.0 Å². The molecule has 1 aliphatic heterocycles. The van der Waals surface area contributed by atoms with Crippen molar-refractivity contribution >= 4 is 11.5 Å². The predicted molar refractivity (Wildman–Crippen MR) is 113 cm³/mol. The lowest BCUT2D eigenvalue weighted by atomic mass is 9.76. The summed E-state index contributed by atoms with van der Waals surface area (Å²) in [6, 6.07) is 6.25.